The number of rotatable bonds is 2. The van der Waals surface area contributed by atoms with Gasteiger partial charge in [-0.3, -0.25) is 9.59 Å². The van der Waals surface area contributed by atoms with Crippen LogP contribution in [0.5, 0.6) is 0 Å². The minimum absolute atomic E-state index is 0.240. The number of aryl methyl sites for hydroxylation is 2. The summed E-state index contributed by atoms with van der Waals surface area (Å²) in [6, 6.07) is 9.57. The Morgan fingerprint density at radius 1 is 1.12 bits per heavy atom. The van der Waals surface area contributed by atoms with E-state index in [0.717, 1.165) is 16.3 Å². The van der Waals surface area contributed by atoms with Crippen molar-refractivity contribution in [3.8, 4) is 11.3 Å². The van der Waals surface area contributed by atoms with E-state index < -0.39 is 11.4 Å². The van der Waals surface area contributed by atoms with E-state index in [0.29, 0.717) is 28.0 Å². The van der Waals surface area contributed by atoms with Crippen LogP contribution in [0.3, 0.4) is 0 Å². The molecule has 4 rings (SSSR count). The highest BCUT2D eigenvalue weighted by Gasteiger charge is 2.48. The van der Waals surface area contributed by atoms with E-state index in [4.69, 9.17) is 4.42 Å². The molecule has 1 heterocycles. The third kappa shape index (κ3) is 2.04. The second-order valence-electron chi connectivity index (χ2n) is 6.85. The lowest BCUT2D eigenvalue weighted by atomic mass is 9.72. The highest BCUT2D eigenvalue weighted by atomic mass is 16.3. The van der Waals surface area contributed by atoms with Gasteiger partial charge in [0.2, 0.25) is 5.78 Å². The van der Waals surface area contributed by atoms with Gasteiger partial charge in [0.25, 0.3) is 0 Å². The number of carbonyl (C=O) groups is 2. The lowest BCUT2D eigenvalue weighted by Gasteiger charge is -2.33. The summed E-state index contributed by atoms with van der Waals surface area (Å²) in [6.45, 7) is 5.13. The third-order valence-corrected chi connectivity index (χ3v) is 5.02. The fourth-order valence-electron chi connectivity index (χ4n) is 3.92. The Kier molecular flexibility index (Phi) is 3.24. The molecule has 1 aliphatic carbocycles. The molecule has 0 aliphatic heterocycles. The van der Waals surface area contributed by atoms with Gasteiger partial charge in [0.05, 0.1) is 11.8 Å². The number of benzene rings is 2. The van der Waals surface area contributed by atoms with Crippen molar-refractivity contribution in [3.05, 3.63) is 58.8 Å². The molecular formula is C21H18O4. The fraction of sp³-hybridized carbons (Fsp3) is 0.238. The molecule has 4 nitrogen and oxygen atoms in total. The Bertz CT molecular complexity index is 1060. The third-order valence-electron chi connectivity index (χ3n) is 5.02. The summed E-state index contributed by atoms with van der Waals surface area (Å²) in [5.74, 6) is -0.240. The van der Waals surface area contributed by atoms with E-state index >= 15 is 0 Å². The Morgan fingerprint density at radius 3 is 2.60 bits per heavy atom. The van der Waals surface area contributed by atoms with Crippen LogP contribution in [0.2, 0.25) is 0 Å². The Balaban J connectivity index is 2.18. The molecule has 126 valence electrons. The Hall–Kier alpha value is -2.72. The van der Waals surface area contributed by atoms with Gasteiger partial charge in [0, 0.05) is 17.5 Å². The maximum absolute atomic E-state index is 13.2. The van der Waals surface area contributed by atoms with Gasteiger partial charge in [-0.15, -0.1) is 0 Å². The van der Waals surface area contributed by atoms with Crippen molar-refractivity contribution in [1.29, 1.82) is 0 Å². The molecule has 0 saturated heterocycles. The summed E-state index contributed by atoms with van der Waals surface area (Å²) in [4.78, 5) is 25.1. The van der Waals surface area contributed by atoms with Crippen LogP contribution in [-0.2, 0) is 10.4 Å². The summed E-state index contributed by atoms with van der Waals surface area (Å²) < 4.78 is 5.64. The highest BCUT2D eigenvalue weighted by molar-refractivity contribution is 6.16. The zero-order valence-electron chi connectivity index (χ0n) is 14.3. The quantitative estimate of drug-likeness (QED) is 0.767. The minimum Gasteiger partial charge on any atom is -0.463 e. The molecule has 2 aromatic carbocycles. The zero-order valence-corrected chi connectivity index (χ0v) is 14.3. The maximum Gasteiger partial charge on any atom is 0.203 e. The van der Waals surface area contributed by atoms with Gasteiger partial charge in [-0.1, -0.05) is 30.3 Å². The van der Waals surface area contributed by atoms with Crippen molar-refractivity contribution in [3.63, 3.8) is 0 Å². The van der Waals surface area contributed by atoms with Crippen molar-refractivity contribution < 1.29 is 19.1 Å². The maximum atomic E-state index is 13.2. The first kappa shape index (κ1) is 15.8. The van der Waals surface area contributed by atoms with Crippen LogP contribution in [0.15, 0.2) is 41.0 Å². The van der Waals surface area contributed by atoms with Gasteiger partial charge in [-0.05, 0) is 42.7 Å². The van der Waals surface area contributed by atoms with Crippen molar-refractivity contribution in [2.75, 3.05) is 0 Å². The zero-order chi connectivity index (χ0) is 17.9. The fourth-order valence-corrected chi connectivity index (χ4v) is 3.92. The smallest absolute Gasteiger partial charge is 0.203 e. The first-order chi connectivity index (χ1) is 11.8. The van der Waals surface area contributed by atoms with Gasteiger partial charge < -0.3 is 9.52 Å². The molecule has 0 fully saturated rings. The molecule has 0 radical (unpaired) electrons. The van der Waals surface area contributed by atoms with E-state index in [1.54, 1.807) is 6.92 Å². The summed E-state index contributed by atoms with van der Waals surface area (Å²) in [5, 5.41) is 13.1. The number of hydrogen-bond acceptors (Lipinski definition) is 4. The molecule has 0 saturated carbocycles. The molecule has 1 aliphatic rings. The summed E-state index contributed by atoms with van der Waals surface area (Å²) in [6.07, 6.45) is 1.27. The van der Waals surface area contributed by atoms with E-state index in [1.165, 1.54) is 13.2 Å². The number of aliphatic hydroxyl groups is 1. The van der Waals surface area contributed by atoms with E-state index in [9.17, 15) is 14.7 Å². The number of furan rings is 1. The van der Waals surface area contributed by atoms with Gasteiger partial charge in [-0.2, -0.15) is 0 Å². The second-order valence-corrected chi connectivity index (χ2v) is 6.85. The predicted octanol–water partition coefficient (Wildman–Crippen LogP) is 4.08. The van der Waals surface area contributed by atoms with E-state index in [1.807, 2.05) is 37.3 Å². The molecule has 1 N–H and O–H groups in total. The van der Waals surface area contributed by atoms with Crippen molar-refractivity contribution >= 4 is 22.3 Å². The molecule has 4 heteroatoms. The monoisotopic (exact) mass is 334 g/mol. The summed E-state index contributed by atoms with van der Waals surface area (Å²) in [5.41, 5.74) is 1.33. The lowest BCUT2D eigenvalue weighted by Crippen LogP contribution is -2.41. The van der Waals surface area contributed by atoms with Crippen LogP contribution in [0.1, 0.15) is 40.4 Å². The summed E-state index contributed by atoms with van der Waals surface area (Å²) >= 11 is 0. The second kappa shape index (κ2) is 5.14. The van der Waals surface area contributed by atoms with Gasteiger partial charge >= 0.3 is 0 Å². The predicted molar refractivity (Wildman–Crippen MR) is 94.6 cm³/mol. The molecular weight excluding hydrogens is 316 g/mol. The minimum atomic E-state index is -1.88. The Labute approximate surface area is 145 Å². The molecule has 1 unspecified atom stereocenters. The van der Waals surface area contributed by atoms with Crippen molar-refractivity contribution in [2.45, 2.75) is 32.8 Å². The first-order valence-corrected chi connectivity index (χ1v) is 8.22. The average molecular weight is 334 g/mol. The molecule has 1 atom stereocenters. The van der Waals surface area contributed by atoms with Gasteiger partial charge in [0.15, 0.2) is 5.60 Å². The molecule has 0 bridgehead atoms. The van der Waals surface area contributed by atoms with Gasteiger partial charge in [-0.25, -0.2) is 0 Å². The van der Waals surface area contributed by atoms with Crippen LogP contribution in [0, 0.1) is 13.8 Å². The standard InChI is InChI=1S/C21H18O4/c1-11-5-4-6-15-14(11)7-8-16-18(15)21(24,9-13(3)22)20(23)17-12(2)10-25-19(16)17/h4-8,10,24H,9H2,1-3H3. The number of fused-ring (bicyclic) bond motifs is 5. The van der Waals surface area contributed by atoms with Crippen LogP contribution in [0.4, 0.5) is 0 Å². The first-order valence-electron chi connectivity index (χ1n) is 8.22. The molecule has 0 amide bonds. The highest BCUT2D eigenvalue weighted by Crippen LogP contribution is 2.48. The molecule has 25 heavy (non-hydrogen) atoms. The number of carbonyl (C=O) groups excluding carboxylic acids is 2. The van der Waals surface area contributed by atoms with E-state index in [2.05, 4.69) is 0 Å². The van der Waals surface area contributed by atoms with Crippen LogP contribution in [0.25, 0.3) is 22.1 Å². The van der Waals surface area contributed by atoms with Crippen LogP contribution in [-0.4, -0.2) is 16.7 Å². The molecule has 1 aromatic heterocycles. The number of Topliss-reactive ketones (excluding diaryl/α,β-unsaturated/α-hetero) is 2. The normalized spacial score (nSPS) is 19.0. The average Bonchev–Trinajstić information content (AvgIpc) is 2.93. The number of hydrogen-bond donors (Lipinski definition) is 1. The SMILES string of the molecule is CC(=O)CC1(O)C(=O)c2c(C)coc2-c2ccc3c(C)cccc3c21. The van der Waals surface area contributed by atoms with Gasteiger partial charge in [0.1, 0.15) is 11.5 Å². The molecule has 3 aromatic rings. The largest absolute Gasteiger partial charge is 0.463 e. The number of ketones is 2. The summed E-state index contributed by atoms with van der Waals surface area (Å²) in [7, 11) is 0. The van der Waals surface area contributed by atoms with Crippen molar-refractivity contribution in [1.82, 2.24) is 0 Å². The topological polar surface area (TPSA) is 67.5 Å². The van der Waals surface area contributed by atoms with Crippen LogP contribution < -0.4 is 0 Å². The Morgan fingerprint density at radius 2 is 1.88 bits per heavy atom. The van der Waals surface area contributed by atoms with Crippen molar-refractivity contribution in [2.24, 2.45) is 0 Å². The van der Waals surface area contributed by atoms with Crippen LogP contribution >= 0.6 is 0 Å². The molecule has 0 spiro atoms. The van der Waals surface area contributed by atoms with E-state index in [-0.39, 0.29) is 12.2 Å². The lowest BCUT2D eigenvalue weighted by molar-refractivity contribution is -0.120.